The Kier molecular flexibility index (Phi) is 8.75. The lowest BCUT2D eigenvalue weighted by atomic mass is 9.95. The molecule has 8 heteroatoms. The number of hydrogen-bond donors (Lipinski definition) is 2. The van der Waals surface area contributed by atoms with Crippen LogP contribution in [0.5, 0.6) is 0 Å². The van der Waals surface area contributed by atoms with Crippen LogP contribution < -0.4 is 10.6 Å². The maximum Gasteiger partial charge on any atom is 0.189 e. The molecule has 0 spiro atoms. The lowest BCUT2D eigenvalue weighted by Gasteiger charge is -2.16. The average molecular weight is 546 g/mol. The van der Waals surface area contributed by atoms with E-state index in [0.29, 0.717) is 29.7 Å². The number of fused-ring (bicyclic) bond motifs is 1. The molecule has 2 N–H and O–H groups in total. The molecule has 2 atom stereocenters. The molecule has 3 aromatic rings. The van der Waals surface area contributed by atoms with Crippen LogP contribution in [0.15, 0.2) is 65.5 Å². The summed E-state index contributed by atoms with van der Waals surface area (Å²) in [6, 6.07) is 10.8. The Labute approximate surface area is 233 Å². The van der Waals surface area contributed by atoms with Gasteiger partial charge in [-0.3, -0.25) is 0 Å². The van der Waals surface area contributed by atoms with E-state index < -0.39 is 0 Å². The number of hydrogen-bond acceptors (Lipinski definition) is 7. The summed E-state index contributed by atoms with van der Waals surface area (Å²) in [6.07, 6.45) is 17.2. The highest BCUT2D eigenvalue weighted by Crippen LogP contribution is 2.36. The molecule has 1 aromatic carbocycles. The fourth-order valence-corrected chi connectivity index (χ4v) is 5.92. The van der Waals surface area contributed by atoms with E-state index >= 15 is 0 Å². The van der Waals surface area contributed by atoms with Crippen molar-refractivity contribution in [2.75, 3.05) is 17.2 Å². The number of nitrogens with one attached hydrogen (secondary N) is 2. The Morgan fingerprint density at radius 3 is 2.89 bits per heavy atom. The van der Waals surface area contributed by atoms with Gasteiger partial charge in [0.25, 0.3) is 0 Å². The highest BCUT2D eigenvalue weighted by Gasteiger charge is 2.18. The Hall–Kier alpha value is -3.18. The third-order valence-electron chi connectivity index (χ3n) is 6.94. The van der Waals surface area contributed by atoms with Crippen molar-refractivity contribution in [3.63, 3.8) is 0 Å². The molecule has 1 aliphatic carbocycles. The molecule has 2 aromatic heterocycles. The van der Waals surface area contributed by atoms with Crippen LogP contribution in [0.25, 0.3) is 10.3 Å². The van der Waals surface area contributed by atoms with Crippen LogP contribution in [0.2, 0.25) is 0 Å². The predicted molar refractivity (Wildman–Crippen MR) is 157 cm³/mol. The number of pyridine rings is 1. The van der Waals surface area contributed by atoms with Gasteiger partial charge < -0.3 is 15.4 Å². The van der Waals surface area contributed by atoms with Gasteiger partial charge in [-0.2, -0.15) is 10.2 Å². The van der Waals surface area contributed by atoms with E-state index in [1.54, 1.807) is 6.20 Å². The van der Waals surface area contributed by atoms with Crippen LogP contribution >= 0.6 is 22.9 Å². The molecule has 5 rings (SSSR count). The molecule has 1 fully saturated rings. The van der Waals surface area contributed by atoms with Gasteiger partial charge in [0.05, 0.1) is 17.4 Å². The number of halogens is 1. The quantitative estimate of drug-likeness (QED) is 0.282. The first kappa shape index (κ1) is 26.4. The number of anilines is 3. The summed E-state index contributed by atoms with van der Waals surface area (Å²) < 4.78 is 6.64. The number of aryl methyl sites for hydroxylation is 1. The van der Waals surface area contributed by atoms with E-state index in [9.17, 15) is 5.26 Å². The minimum atomic E-state index is 0.459. The maximum atomic E-state index is 9.74. The Morgan fingerprint density at radius 2 is 2.11 bits per heavy atom. The van der Waals surface area contributed by atoms with Crippen molar-refractivity contribution < 1.29 is 4.74 Å². The number of thiazole rings is 1. The molecule has 0 bridgehead atoms. The van der Waals surface area contributed by atoms with Gasteiger partial charge in [-0.1, -0.05) is 60.2 Å². The first-order chi connectivity index (χ1) is 18.6. The zero-order valence-electron chi connectivity index (χ0n) is 21.5. The molecular weight excluding hydrogens is 514 g/mol. The van der Waals surface area contributed by atoms with Crippen molar-refractivity contribution in [3.8, 4) is 6.07 Å². The van der Waals surface area contributed by atoms with E-state index in [1.165, 1.54) is 36.2 Å². The van der Waals surface area contributed by atoms with Gasteiger partial charge in [-0.25, -0.2) is 4.98 Å². The van der Waals surface area contributed by atoms with Gasteiger partial charge in [-0.05, 0) is 61.8 Å². The first-order valence-electron chi connectivity index (χ1n) is 13.2. The van der Waals surface area contributed by atoms with Gasteiger partial charge in [0, 0.05) is 42.1 Å². The number of nitriles is 1. The summed E-state index contributed by atoms with van der Waals surface area (Å²) in [7, 11) is 0. The smallest absolute Gasteiger partial charge is 0.189 e. The highest BCUT2D eigenvalue weighted by atomic mass is 35.5. The Bertz CT molecular complexity index is 1400. The van der Waals surface area contributed by atoms with Crippen molar-refractivity contribution in [1.82, 2.24) is 9.97 Å². The molecule has 2 aliphatic rings. The van der Waals surface area contributed by atoms with Gasteiger partial charge in [0.15, 0.2) is 10.8 Å². The van der Waals surface area contributed by atoms with Crippen LogP contribution in [0.3, 0.4) is 0 Å². The number of ether oxygens (including phenoxy) is 1. The van der Waals surface area contributed by atoms with Gasteiger partial charge >= 0.3 is 0 Å². The lowest BCUT2D eigenvalue weighted by molar-refractivity contribution is 0.0907. The average Bonchev–Trinajstić information content (AvgIpc) is 3.57. The SMILES string of the molecule is C[C@@H](CCc1ccc(Nc2nc3ncc(C#N)c(N/C4=C/C/C(Cl)=C\C=CC4)c3s2)cc1)C[C@H]1CCCO1. The summed E-state index contributed by atoms with van der Waals surface area (Å²) in [4.78, 5) is 9.11. The zero-order chi connectivity index (χ0) is 26.3. The summed E-state index contributed by atoms with van der Waals surface area (Å²) in [6.45, 7) is 3.26. The number of benzene rings is 1. The highest BCUT2D eigenvalue weighted by molar-refractivity contribution is 7.22. The largest absolute Gasteiger partial charge is 0.378 e. The normalized spacial score (nSPS) is 21.0. The summed E-state index contributed by atoms with van der Waals surface area (Å²) in [5.74, 6) is 0.662. The summed E-state index contributed by atoms with van der Waals surface area (Å²) in [5.41, 5.74) is 5.12. The third kappa shape index (κ3) is 6.82. The second kappa shape index (κ2) is 12.6. The third-order valence-corrected chi connectivity index (χ3v) is 8.20. The second-order valence-corrected chi connectivity index (χ2v) is 11.5. The van der Waals surface area contributed by atoms with Crippen molar-refractivity contribution in [3.05, 3.63) is 76.6 Å². The van der Waals surface area contributed by atoms with Crippen LogP contribution in [0, 0.1) is 17.2 Å². The fourth-order valence-electron chi connectivity index (χ4n) is 4.83. The number of nitrogens with zero attached hydrogens (tertiary/aromatic N) is 3. The van der Waals surface area contributed by atoms with E-state index in [-0.39, 0.29) is 0 Å². The maximum absolute atomic E-state index is 9.74. The number of rotatable bonds is 9. The molecule has 1 aliphatic heterocycles. The molecule has 0 amide bonds. The molecule has 0 radical (unpaired) electrons. The van der Waals surface area contributed by atoms with E-state index in [4.69, 9.17) is 16.3 Å². The van der Waals surface area contributed by atoms with Gasteiger partial charge in [0.2, 0.25) is 0 Å². The van der Waals surface area contributed by atoms with Crippen LogP contribution in [-0.2, 0) is 11.2 Å². The van der Waals surface area contributed by atoms with Crippen molar-refractivity contribution in [2.45, 2.75) is 58.0 Å². The molecule has 0 saturated carbocycles. The zero-order valence-corrected chi connectivity index (χ0v) is 23.1. The molecule has 3 heterocycles. The van der Waals surface area contributed by atoms with E-state index in [2.05, 4.69) is 63.9 Å². The second-order valence-electron chi connectivity index (χ2n) is 9.97. The molecule has 1 saturated heterocycles. The Morgan fingerprint density at radius 1 is 1.24 bits per heavy atom. The van der Waals surface area contributed by atoms with E-state index in [0.717, 1.165) is 57.8 Å². The van der Waals surface area contributed by atoms with Crippen LogP contribution in [0.4, 0.5) is 16.5 Å². The van der Waals surface area contributed by atoms with E-state index in [1.807, 2.05) is 18.2 Å². The molecular formula is C30H32ClN5OS. The monoisotopic (exact) mass is 545 g/mol. The van der Waals surface area contributed by atoms with Gasteiger partial charge in [0.1, 0.15) is 10.8 Å². The van der Waals surface area contributed by atoms with Crippen molar-refractivity contribution >= 4 is 49.8 Å². The standard InChI is InChI=1S/C30H32ClN5OS/c1-20(17-26-7-4-16-37-26)8-9-21-10-13-25(14-11-21)35-30-36-29-28(38-30)27(22(18-32)19-33-29)34-24-6-3-2-5-23(31)12-15-24/h2-3,5,10-11,13-15,19-20,26H,4,6-9,12,16-17H2,1H3,(H2,33,34,35,36)/b3-2?,23-5+,24-15+/t20-,26+/m0/s1. The number of aromatic nitrogens is 2. The Balaban J connectivity index is 1.26. The first-order valence-corrected chi connectivity index (χ1v) is 14.4. The minimum absolute atomic E-state index is 0.459. The number of allylic oxidation sites excluding steroid dienone is 5. The molecule has 196 valence electrons. The summed E-state index contributed by atoms with van der Waals surface area (Å²) >= 11 is 7.71. The van der Waals surface area contributed by atoms with Crippen molar-refractivity contribution in [2.24, 2.45) is 5.92 Å². The topological polar surface area (TPSA) is 82.9 Å². The van der Waals surface area contributed by atoms with Crippen molar-refractivity contribution in [1.29, 1.82) is 5.26 Å². The minimum Gasteiger partial charge on any atom is -0.378 e. The summed E-state index contributed by atoms with van der Waals surface area (Å²) in [5, 5.41) is 18.1. The lowest BCUT2D eigenvalue weighted by Crippen LogP contribution is -2.11. The predicted octanol–water partition coefficient (Wildman–Crippen LogP) is 8.21. The van der Waals surface area contributed by atoms with Crippen LogP contribution in [-0.4, -0.2) is 22.7 Å². The van der Waals surface area contributed by atoms with Crippen LogP contribution in [0.1, 0.15) is 56.6 Å². The fraction of sp³-hybridized carbons (Fsp3) is 0.367. The molecule has 38 heavy (non-hydrogen) atoms. The molecule has 6 nitrogen and oxygen atoms in total. The molecule has 0 unspecified atom stereocenters. The van der Waals surface area contributed by atoms with Gasteiger partial charge in [-0.15, -0.1) is 0 Å².